The van der Waals surface area contributed by atoms with Crippen LogP contribution in [0.3, 0.4) is 0 Å². The van der Waals surface area contributed by atoms with Gasteiger partial charge in [0.2, 0.25) is 12.2 Å². The van der Waals surface area contributed by atoms with E-state index in [0.717, 1.165) is 51.4 Å². The van der Waals surface area contributed by atoms with Crippen LogP contribution in [0.5, 0.6) is 0 Å². The predicted octanol–water partition coefficient (Wildman–Crippen LogP) is 3.96. The predicted molar refractivity (Wildman–Crippen MR) is 77.6 cm³/mol. The van der Waals surface area contributed by atoms with Crippen molar-refractivity contribution in [2.75, 3.05) is 0 Å². The summed E-state index contributed by atoms with van der Waals surface area (Å²) >= 11 is 0. The minimum absolute atomic E-state index is 0.298. The van der Waals surface area contributed by atoms with Gasteiger partial charge >= 0.3 is 0 Å². The summed E-state index contributed by atoms with van der Waals surface area (Å²) in [5.41, 5.74) is 0. The minimum atomic E-state index is -1.90. The Labute approximate surface area is 116 Å². The molecular weight excluding hydrogens is 260 g/mol. The fourth-order valence-electron chi connectivity index (χ4n) is 3.53. The van der Waals surface area contributed by atoms with Crippen LogP contribution in [0.25, 0.3) is 0 Å². The second-order valence-electron chi connectivity index (χ2n) is 5.52. The number of carbonyl (C=O) groups excluding carboxylic acids is 2. The number of nitrogens with zero attached hydrogens (tertiary/aromatic N) is 2. The van der Waals surface area contributed by atoms with Crippen LogP contribution < -0.4 is 0 Å². The van der Waals surface area contributed by atoms with Gasteiger partial charge in [0.1, 0.15) is 0 Å². The molecule has 5 heteroatoms. The molecule has 2 aliphatic carbocycles. The molecular formula is C14H22N2O2S. The lowest BCUT2D eigenvalue weighted by molar-refractivity contribution is 0.485. The lowest BCUT2D eigenvalue weighted by Gasteiger charge is -2.45. The Balaban J connectivity index is 2.32. The Morgan fingerprint density at radius 3 is 1.37 bits per heavy atom. The van der Waals surface area contributed by atoms with Crippen molar-refractivity contribution in [2.24, 2.45) is 8.80 Å². The molecule has 0 atom stereocenters. The van der Waals surface area contributed by atoms with Crippen molar-refractivity contribution < 1.29 is 9.59 Å². The zero-order valence-corrected chi connectivity index (χ0v) is 12.2. The molecule has 0 aromatic heterocycles. The van der Waals surface area contributed by atoms with Gasteiger partial charge in [-0.15, -0.1) is 8.80 Å². The van der Waals surface area contributed by atoms with Crippen LogP contribution in [0.4, 0.5) is 0 Å². The maximum atomic E-state index is 10.9. The molecule has 2 rings (SSSR count). The fraction of sp³-hybridized carbons (Fsp3) is 0.857. The maximum absolute atomic E-state index is 10.9. The van der Waals surface area contributed by atoms with E-state index in [0.29, 0.717) is 10.5 Å². The minimum Gasteiger partial charge on any atom is -0.210 e. The summed E-state index contributed by atoms with van der Waals surface area (Å²) in [6, 6.07) is 0. The van der Waals surface area contributed by atoms with Crippen LogP contribution in [0, 0.1) is 0 Å². The van der Waals surface area contributed by atoms with E-state index in [4.69, 9.17) is 0 Å². The van der Waals surface area contributed by atoms with Crippen LogP contribution in [0.15, 0.2) is 8.80 Å². The summed E-state index contributed by atoms with van der Waals surface area (Å²) in [6.07, 6.45) is 14.8. The number of hydrogen-bond acceptors (Lipinski definition) is 4. The van der Waals surface area contributed by atoms with E-state index in [1.165, 1.54) is 12.8 Å². The van der Waals surface area contributed by atoms with E-state index in [-0.39, 0.29) is 0 Å². The first-order valence-electron chi connectivity index (χ1n) is 7.33. The maximum Gasteiger partial charge on any atom is 0.247 e. The zero-order chi connectivity index (χ0) is 13.6. The molecule has 0 amide bonds. The Morgan fingerprint density at radius 2 is 1.05 bits per heavy atom. The fourth-order valence-corrected chi connectivity index (χ4v) is 7.01. The van der Waals surface area contributed by atoms with Crippen molar-refractivity contribution >= 4 is 22.6 Å². The van der Waals surface area contributed by atoms with Crippen molar-refractivity contribution in [3.63, 3.8) is 0 Å². The molecule has 19 heavy (non-hydrogen) atoms. The summed E-state index contributed by atoms with van der Waals surface area (Å²) in [5.74, 6) is 0. The highest BCUT2D eigenvalue weighted by molar-refractivity contribution is 8.32. The van der Waals surface area contributed by atoms with E-state index in [2.05, 4.69) is 8.80 Å². The van der Waals surface area contributed by atoms with E-state index in [1.54, 1.807) is 12.2 Å². The van der Waals surface area contributed by atoms with Gasteiger partial charge in [0, 0.05) is 10.5 Å². The van der Waals surface area contributed by atoms with Gasteiger partial charge in [0.15, 0.2) is 0 Å². The Morgan fingerprint density at radius 1 is 0.684 bits per heavy atom. The second kappa shape index (κ2) is 7.04. The molecule has 0 aromatic carbocycles. The second-order valence-corrected chi connectivity index (χ2v) is 8.50. The first kappa shape index (κ1) is 14.5. The molecule has 0 bridgehead atoms. The highest BCUT2D eigenvalue weighted by Crippen LogP contribution is 2.65. The zero-order valence-electron chi connectivity index (χ0n) is 11.3. The van der Waals surface area contributed by atoms with Crippen LogP contribution in [-0.2, 0) is 9.59 Å². The summed E-state index contributed by atoms with van der Waals surface area (Å²) in [5, 5.41) is 0.597. The SMILES string of the molecule is O=C=NS(N=C=O)(C1CCCCC1)C1CCCCC1. The number of isocyanates is 2. The summed E-state index contributed by atoms with van der Waals surface area (Å²) in [4.78, 5) is 21.8. The van der Waals surface area contributed by atoms with Gasteiger partial charge < -0.3 is 0 Å². The summed E-state index contributed by atoms with van der Waals surface area (Å²) in [7, 11) is -1.90. The molecule has 4 nitrogen and oxygen atoms in total. The molecule has 0 N–H and O–H groups in total. The Hall–Kier alpha value is -0.890. The number of rotatable bonds is 4. The van der Waals surface area contributed by atoms with Gasteiger partial charge in [0.25, 0.3) is 0 Å². The average molecular weight is 282 g/mol. The van der Waals surface area contributed by atoms with Gasteiger partial charge in [-0.3, -0.25) is 0 Å². The molecule has 2 fully saturated rings. The highest BCUT2D eigenvalue weighted by Gasteiger charge is 2.42. The monoisotopic (exact) mass is 282 g/mol. The molecule has 0 unspecified atom stereocenters. The van der Waals surface area contributed by atoms with Gasteiger partial charge in [-0.05, 0) is 36.1 Å². The first-order chi connectivity index (χ1) is 9.33. The van der Waals surface area contributed by atoms with Gasteiger partial charge in [-0.25, -0.2) is 9.59 Å². The topological polar surface area (TPSA) is 58.9 Å². The molecule has 106 valence electrons. The lowest BCUT2D eigenvalue weighted by atomic mass is 10.00. The Bertz CT molecular complexity index is 350. The summed E-state index contributed by atoms with van der Waals surface area (Å²) < 4.78 is 8.28. The third-order valence-electron chi connectivity index (χ3n) is 4.45. The molecule has 0 spiro atoms. The molecule has 0 heterocycles. The van der Waals surface area contributed by atoms with Crippen LogP contribution in [-0.4, -0.2) is 22.7 Å². The van der Waals surface area contributed by atoms with E-state index in [9.17, 15) is 9.59 Å². The largest absolute Gasteiger partial charge is 0.247 e. The smallest absolute Gasteiger partial charge is 0.210 e. The molecule has 0 aromatic rings. The van der Waals surface area contributed by atoms with E-state index < -0.39 is 10.4 Å². The molecule has 0 saturated heterocycles. The normalized spacial score (nSPS) is 23.2. The number of hydrogen-bond donors (Lipinski definition) is 0. The molecule has 2 aliphatic rings. The van der Waals surface area contributed by atoms with Crippen molar-refractivity contribution in [1.29, 1.82) is 0 Å². The van der Waals surface area contributed by atoms with E-state index >= 15 is 0 Å². The average Bonchev–Trinajstić information content (AvgIpc) is 2.49. The van der Waals surface area contributed by atoms with Gasteiger partial charge in [-0.2, -0.15) is 0 Å². The van der Waals surface area contributed by atoms with Gasteiger partial charge in [-0.1, -0.05) is 38.5 Å². The molecule has 0 radical (unpaired) electrons. The van der Waals surface area contributed by atoms with Crippen LogP contribution >= 0.6 is 10.4 Å². The van der Waals surface area contributed by atoms with Crippen molar-refractivity contribution in [2.45, 2.75) is 74.7 Å². The summed E-state index contributed by atoms with van der Waals surface area (Å²) in [6.45, 7) is 0. The quantitative estimate of drug-likeness (QED) is 0.579. The standard InChI is InChI=1S/C14H22N2O2S/c17-11-15-19(16-12-18,13-7-3-1-4-8-13)14-9-5-2-6-10-14/h13-14H,1-10H2. The molecule has 0 aliphatic heterocycles. The first-order valence-corrected chi connectivity index (χ1v) is 9.00. The molecule has 2 saturated carbocycles. The van der Waals surface area contributed by atoms with Crippen molar-refractivity contribution in [3.8, 4) is 0 Å². The van der Waals surface area contributed by atoms with Crippen LogP contribution in [0.2, 0.25) is 0 Å². The Kier molecular flexibility index (Phi) is 5.38. The highest BCUT2D eigenvalue weighted by atomic mass is 32.3. The van der Waals surface area contributed by atoms with Crippen molar-refractivity contribution in [3.05, 3.63) is 0 Å². The van der Waals surface area contributed by atoms with Gasteiger partial charge in [0.05, 0.1) is 0 Å². The van der Waals surface area contributed by atoms with Crippen molar-refractivity contribution in [1.82, 2.24) is 0 Å². The van der Waals surface area contributed by atoms with Crippen LogP contribution in [0.1, 0.15) is 64.2 Å². The third kappa shape index (κ3) is 3.17. The third-order valence-corrected chi connectivity index (χ3v) is 8.09. The van der Waals surface area contributed by atoms with E-state index in [1.807, 2.05) is 0 Å². The lowest BCUT2D eigenvalue weighted by Crippen LogP contribution is -2.29.